The van der Waals surface area contributed by atoms with Gasteiger partial charge in [-0.25, -0.2) is 9.78 Å². The largest absolute Gasteiger partial charge is 0.323 e. The predicted octanol–water partition coefficient (Wildman–Crippen LogP) is 2.62. The zero-order chi connectivity index (χ0) is 19.0. The molecule has 3 aromatic heterocycles. The maximum absolute atomic E-state index is 12.6. The summed E-state index contributed by atoms with van der Waals surface area (Å²) in [5.41, 5.74) is 0.768. The van der Waals surface area contributed by atoms with Crippen LogP contribution >= 0.6 is 11.3 Å². The Labute approximate surface area is 161 Å². The Balaban J connectivity index is 1.54. The van der Waals surface area contributed by atoms with E-state index in [0.717, 1.165) is 33.0 Å². The fourth-order valence-electron chi connectivity index (χ4n) is 3.04. The summed E-state index contributed by atoms with van der Waals surface area (Å²) in [6.45, 7) is 6.33. The Morgan fingerprint density at radius 3 is 2.74 bits per heavy atom. The minimum atomic E-state index is -0.115. The summed E-state index contributed by atoms with van der Waals surface area (Å²) >= 11 is 1.50. The van der Waals surface area contributed by atoms with Gasteiger partial charge in [-0.1, -0.05) is 11.3 Å². The molecular formula is C18H21N7OS. The molecule has 1 saturated heterocycles. The van der Waals surface area contributed by atoms with Gasteiger partial charge in [0.05, 0.1) is 0 Å². The zero-order valence-corrected chi connectivity index (χ0v) is 16.3. The van der Waals surface area contributed by atoms with E-state index < -0.39 is 0 Å². The number of hydrogen-bond donors (Lipinski definition) is 1. The van der Waals surface area contributed by atoms with Crippen molar-refractivity contribution in [3.8, 4) is 10.7 Å². The lowest BCUT2D eigenvalue weighted by Crippen LogP contribution is -2.53. The molecule has 1 fully saturated rings. The van der Waals surface area contributed by atoms with Crippen LogP contribution in [0.25, 0.3) is 21.5 Å². The van der Waals surface area contributed by atoms with E-state index >= 15 is 0 Å². The van der Waals surface area contributed by atoms with Crippen LogP contribution in [0.5, 0.6) is 0 Å². The molecule has 0 bridgehead atoms. The molecule has 2 amide bonds. The summed E-state index contributed by atoms with van der Waals surface area (Å²) in [5, 5.41) is 14.6. The molecule has 0 radical (unpaired) electrons. The Hall–Kier alpha value is -2.65. The first-order valence-corrected chi connectivity index (χ1v) is 9.64. The third kappa shape index (κ3) is 3.74. The molecule has 9 heteroatoms. The number of amides is 2. The molecule has 3 aromatic rings. The number of pyridine rings is 2. The maximum atomic E-state index is 12.6. The number of rotatable bonds is 2. The smallest absolute Gasteiger partial charge is 0.322 e. The summed E-state index contributed by atoms with van der Waals surface area (Å²) in [4.78, 5) is 25.4. The van der Waals surface area contributed by atoms with Crippen molar-refractivity contribution in [2.24, 2.45) is 0 Å². The molecular weight excluding hydrogens is 362 g/mol. The number of nitrogens with one attached hydrogen (secondary N) is 1. The standard InChI is InChI=1S/C18H21N7OS/c1-11-10-25(5-4-24(11)3)18(26)21-16-7-13-6-15(17-23-22-12(2)27-17)19-8-14(13)9-20-16/h6-9,11H,4-5,10H2,1-3H3,(H,20,21,26)/t11-/m1/s1. The van der Waals surface area contributed by atoms with Crippen LogP contribution in [0.3, 0.4) is 0 Å². The van der Waals surface area contributed by atoms with Crippen LogP contribution in [0, 0.1) is 6.92 Å². The lowest BCUT2D eigenvalue weighted by atomic mass is 10.2. The number of aryl methyl sites for hydroxylation is 1. The molecule has 1 aliphatic heterocycles. The van der Waals surface area contributed by atoms with E-state index in [1.807, 2.05) is 24.0 Å². The number of piperazine rings is 1. The molecule has 4 heterocycles. The van der Waals surface area contributed by atoms with Crippen molar-refractivity contribution in [1.29, 1.82) is 0 Å². The second-order valence-electron chi connectivity index (χ2n) is 6.82. The van der Waals surface area contributed by atoms with Crippen LogP contribution in [-0.4, -0.2) is 68.7 Å². The van der Waals surface area contributed by atoms with Crippen molar-refractivity contribution in [3.05, 3.63) is 29.5 Å². The Morgan fingerprint density at radius 2 is 2.00 bits per heavy atom. The predicted molar refractivity (Wildman–Crippen MR) is 106 cm³/mol. The van der Waals surface area contributed by atoms with Crippen LogP contribution in [-0.2, 0) is 0 Å². The molecule has 1 aliphatic rings. The van der Waals surface area contributed by atoms with Crippen molar-refractivity contribution >= 4 is 34.0 Å². The average molecular weight is 383 g/mol. The fourth-order valence-corrected chi connectivity index (χ4v) is 3.70. The Bertz CT molecular complexity index is 989. The molecule has 4 rings (SSSR count). The van der Waals surface area contributed by atoms with Crippen molar-refractivity contribution in [2.75, 3.05) is 32.0 Å². The molecule has 0 aliphatic carbocycles. The van der Waals surface area contributed by atoms with Gasteiger partial charge in [-0.15, -0.1) is 10.2 Å². The van der Waals surface area contributed by atoms with Crippen molar-refractivity contribution in [2.45, 2.75) is 19.9 Å². The summed E-state index contributed by atoms with van der Waals surface area (Å²) in [6.07, 6.45) is 3.49. The van der Waals surface area contributed by atoms with Gasteiger partial charge < -0.3 is 9.80 Å². The van der Waals surface area contributed by atoms with Gasteiger partial charge in [-0.2, -0.15) is 0 Å². The monoisotopic (exact) mass is 383 g/mol. The van der Waals surface area contributed by atoms with Gasteiger partial charge >= 0.3 is 6.03 Å². The van der Waals surface area contributed by atoms with E-state index in [2.05, 4.69) is 44.4 Å². The van der Waals surface area contributed by atoms with Crippen LogP contribution < -0.4 is 5.32 Å². The summed E-state index contributed by atoms with van der Waals surface area (Å²) < 4.78 is 0. The molecule has 0 spiro atoms. The zero-order valence-electron chi connectivity index (χ0n) is 15.5. The summed E-state index contributed by atoms with van der Waals surface area (Å²) in [6, 6.07) is 4.05. The van der Waals surface area contributed by atoms with Crippen molar-refractivity contribution < 1.29 is 4.79 Å². The van der Waals surface area contributed by atoms with Gasteiger partial charge in [0.1, 0.15) is 16.5 Å². The number of likely N-dealkylation sites (N-methyl/N-ethyl adjacent to an activating group) is 1. The van der Waals surface area contributed by atoms with Crippen molar-refractivity contribution in [3.63, 3.8) is 0 Å². The maximum Gasteiger partial charge on any atom is 0.323 e. The third-order valence-electron chi connectivity index (χ3n) is 4.83. The number of nitrogens with zero attached hydrogens (tertiary/aromatic N) is 6. The number of carbonyl (C=O) groups excluding carboxylic acids is 1. The number of fused-ring (bicyclic) bond motifs is 1. The Kier molecular flexibility index (Phi) is 4.71. The molecule has 1 N–H and O–H groups in total. The number of anilines is 1. The minimum absolute atomic E-state index is 0.115. The van der Waals surface area contributed by atoms with Gasteiger partial charge in [0.25, 0.3) is 0 Å². The number of carbonyl (C=O) groups is 1. The van der Waals surface area contributed by atoms with Gasteiger partial charge in [0.2, 0.25) is 0 Å². The quantitative estimate of drug-likeness (QED) is 0.732. The van der Waals surface area contributed by atoms with Gasteiger partial charge in [0.15, 0.2) is 5.01 Å². The van der Waals surface area contributed by atoms with Gasteiger partial charge in [-0.05, 0) is 38.4 Å². The minimum Gasteiger partial charge on any atom is -0.322 e. The van der Waals surface area contributed by atoms with Crippen LogP contribution in [0.2, 0.25) is 0 Å². The number of aromatic nitrogens is 4. The second kappa shape index (κ2) is 7.16. The van der Waals surface area contributed by atoms with E-state index in [-0.39, 0.29) is 6.03 Å². The lowest BCUT2D eigenvalue weighted by molar-refractivity contribution is 0.125. The highest BCUT2D eigenvalue weighted by Crippen LogP contribution is 2.25. The third-order valence-corrected chi connectivity index (χ3v) is 5.69. The van der Waals surface area contributed by atoms with Gasteiger partial charge in [-0.3, -0.25) is 10.3 Å². The molecule has 140 valence electrons. The van der Waals surface area contributed by atoms with E-state index in [1.165, 1.54) is 11.3 Å². The highest BCUT2D eigenvalue weighted by atomic mass is 32.1. The fraction of sp³-hybridized carbons (Fsp3) is 0.389. The first-order valence-electron chi connectivity index (χ1n) is 8.82. The van der Waals surface area contributed by atoms with E-state index in [0.29, 0.717) is 24.9 Å². The highest BCUT2D eigenvalue weighted by molar-refractivity contribution is 7.14. The molecule has 27 heavy (non-hydrogen) atoms. The van der Waals surface area contributed by atoms with E-state index in [1.54, 1.807) is 12.4 Å². The second-order valence-corrected chi connectivity index (χ2v) is 8.00. The number of hydrogen-bond acceptors (Lipinski definition) is 7. The number of urea groups is 1. The highest BCUT2D eigenvalue weighted by Gasteiger charge is 2.24. The first kappa shape index (κ1) is 17.7. The first-order chi connectivity index (χ1) is 13.0. The topological polar surface area (TPSA) is 87.1 Å². The summed E-state index contributed by atoms with van der Waals surface area (Å²) in [5.74, 6) is 0.532. The van der Waals surface area contributed by atoms with Crippen LogP contribution in [0.1, 0.15) is 11.9 Å². The normalized spacial score (nSPS) is 18.0. The lowest BCUT2D eigenvalue weighted by Gasteiger charge is -2.37. The van der Waals surface area contributed by atoms with Crippen molar-refractivity contribution in [1.82, 2.24) is 30.0 Å². The van der Waals surface area contributed by atoms with Crippen LogP contribution in [0.4, 0.5) is 10.6 Å². The summed E-state index contributed by atoms with van der Waals surface area (Å²) in [7, 11) is 2.08. The average Bonchev–Trinajstić information content (AvgIpc) is 3.09. The van der Waals surface area contributed by atoms with E-state index in [9.17, 15) is 4.79 Å². The Morgan fingerprint density at radius 1 is 1.19 bits per heavy atom. The SMILES string of the molecule is Cc1nnc(-c2cc3cc(NC(=O)N4CCN(C)[C@H](C)C4)ncc3cn2)s1. The molecule has 0 unspecified atom stereocenters. The molecule has 0 saturated carbocycles. The van der Waals surface area contributed by atoms with E-state index in [4.69, 9.17) is 0 Å². The van der Waals surface area contributed by atoms with Crippen LogP contribution in [0.15, 0.2) is 24.5 Å². The molecule has 8 nitrogen and oxygen atoms in total. The van der Waals surface area contributed by atoms with Gasteiger partial charge in [0, 0.05) is 43.5 Å². The molecule has 0 aromatic carbocycles. The molecule has 1 atom stereocenters.